The molecule has 5 nitrogen and oxygen atoms in total. The van der Waals surface area contributed by atoms with Gasteiger partial charge in [0.15, 0.2) is 0 Å². The molecule has 1 aliphatic rings. The first-order valence-corrected chi connectivity index (χ1v) is 11.5. The monoisotopic (exact) mass is 450 g/mol. The second-order valence-electron chi connectivity index (χ2n) is 6.55. The van der Waals surface area contributed by atoms with Crippen molar-refractivity contribution in [2.24, 2.45) is 0 Å². The molecular weight excluding hydrogens is 435 g/mol. The standard InChI is InChI=1S/C20H16ClFN2O3S2/c21-15-5-6-16(22)17(11-15)23-20(25)19-18(8-10-28-19)29(26,27)24-9-7-13-3-1-2-4-14(13)12-24/h1-6,8,10-11H,7,9,12H2,(H,23,25). The average Bonchev–Trinajstić information content (AvgIpc) is 3.21. The van der Waals surface area contributed by atoms with E-state index in [1.807, 2.05) is 24.3 Å². The highest BCUT2D eigenvalue weighted by Gasteiger charge is 2.32. The van der Waals surface area contributed by atoms with Gasteiger partial charge in [0.25, 0.3) is 5.91 Å². The molecule has 150 valence electrons. The molecule has 0 atom stereocenters. The molecule has 1 aliphatic heterocycles. The summed E-state index contributed by atoms with van der Waals surface area (Å²) in [6, 6.07) is 12.9. The van der Waals surface area contributed by atoms with Crippen LogP contribution in [0.3, 0.4) is 0 Å². The van der Waals surface area contributed by atoms with E-state index in [-0.39, 0.29) is 27.0 Å². The van der Waals surface area contributed by atoms with Gasteiger partial charge in [-0.05, 0) is 47.2 Å². The first-order valence-electron chi connectivity index (χ1n) is 8.77. The van der Waals surface area contributed by atoms with Crippen molar-refractivity contribution in [2.45, 2.75) is 17.9 Å². The quantitative estimate of drug-likeness (QED) is 0.634. The summed E-state index contributed by atoms with van der Waals surface area (Å²) in [6.45, 7) is 0.581. The number of anilines is 1. The van der Waals surface area contributed by atoms with Crippen molar-refractivity contribution in [3.63, 3.8) is 0 Å². The van der Waals surface area contributed by atoms with E-state index in [1.165, 1.54) is 27.9 Å². The number of nitrogens with zero attached hydrogens (tertiary/aromatic N) is 1. The smallest absolute Gasteiger partial charge is 0.267 e. The molecule has 1 aromatic heterocycles. The van der Waals surface area contributed by atoms with Crippen molar-refractivity contribution in [1.82, 2.24) is 4.31 Å². The van der Waals surface area contributed by atoms with Gasteiger partial charge in [0, 0.05) is 18.1 Å². The van der Waals surface area contributed by atoms with Crippen LogP contribution in [-0.2, 0) is 23.0 Å². The number of hydrogen-bond donors (Lipinski definition) is 1. The molecule has 0 bridgehead atoms. The van der Waals surface area contributed by atoms with Crippen LogP contribution in [0.1, 0.15) is 20.8 Å². The number of benzene rings is 2. The first kappa shape index (κ1) is 20.0. The van der Waals surface area contributed by atoms with Crippen LogP contribution in [0.2, 0.25) is 5.02 Å². The van der Waals surface area contributed by atoms with Crippen LogP contribution in [0.5, 0.6) is 0 Å². The second-order valence-corrected chi connectivity index (χ2v) is 9.81. The van der Waals surface area contributed by atoms with Gasteiger partial charge in [-0.2, -0.15) is 4.31 Å². The van der Waals surface area contributed by atoms with E-state index in [0.29, 0.717) is 13.0 Å². The van der Waals surface area contributed by atoms with Crippen LogP contribution in [0.15, 0.2) is 58.8 Å². The van der Waals surface area contributed by atoms with Gasteiger partial charge < -0.3 is 5.32 Å². The van der Waals surface area contributed by atoms with Crippen molar-refractivity contribution >= 4 is 44.6 Å². The molecule has 0 radical (unpaired) electrons. The fourth-order valence-corrected chi connectivity index (χ4v) is 6.14. The number of hydrogen-bond acceptors (Lipinski definition) is 4. The van der Waals surface area contributed by atoms with Gasteiger partial charge in [0.2, 0.25) is 10.0 Å². The number of sulfonamides is 1. The highest BCUT2D eigenvalue weighted by molar-refractivity contribution is 7.89. The Morgan fingerprint density at radius 3 is 2.69 bits per heavy atom. The Hall–Kier alpha value is -2.26. The van der Waals surface area contributed by atoms with Crippen molar-refractivity contribution in [1.29, 1.82) is 0 Å². The van der Waals surface area contributed by atoms with E-state index in [0.717, 1.165) is 28.5 Å². The molecule has 1 N–H and O–H groups in total. The lowest BCUT2D eigenvalue weighted by Gasteiger charge is -2.28. The van der Waals surface area contributed by atoms with Gasteiger partial charge >= 0.3 is 0 Å². The van der Waals surface area contributed by atoms with Gasteiger partial charge in [-0.15, -0.1) is 11.3 Å². The van der Waals surface area contributed by atoms with Crippen molar-refractivity contribution in [3.8, 4) is 0 Å². The Morgan fingerprint density at radius 1 is 1.14 bits per heavy atom. The van der Waals surface area contributed by atoms with E-state index < -0.39 is 21.7 Å². The number of nitrogens with one attached hydrogen (secondary N) is 1. The molecular formula is C20H16ClFN2O3S2. The largest absolute Gasteiger partial charge is 0.319 e. The van der Waals surface area contributed by atoms with Crippen LogP contribution in [0.4, 0.5) is 10.1 Å². The highest BCUT2D eigenvalue weighted by atomic mass is 35.5. The third-order valence-electron chi connectivity index (χ3n) is 4.73. The lowest BCUT2D eigenvalue weighted by molar-refractivity contribution is 0.102. The molecule has 0 saturated heterocycles. The van der Waals surface area contributed by atoms with Gasteiger partial charge in [0.05, 0.1) is 5.69 Å². The van der Waals surface area contributed by atoms with E-state index >= 15 is 0 Å². The number of thiophene rings is 1. The fraction of sp³-hybridized carbons (Fsp3) is 0.150. The number of fused-ring (bicyclic) bond motifs is 1. The van der Waals surface area contributed by atoms with Crippen LogP contribution in [-0.4, -0.2) is 25.2 Å². The Kier molecular flexibility index (Phi) is 5.44. The minimum Gasteiger partial charge on any atom is -0.319 e. The van der Waals surface area contributed by atoms with Gasteiger partial charge in [0.1, 0.15) is 15.6 Å². The molecule has 3 aromatic rings. The molecule has 0 unspecified atom stereocenters. The number of carbonyl (C=O) groups is 1. The van der Waals surface area contributed by atoms with Crippen molar-refractivity contribution < 1.29 is 17.6 Å². The molecule has 0 spiro atoms. The summed E-state index contributed by atoms with van der Waals surface area (Å²) in [5, 5.41) is 4.21. The summed E-state index contributed by atoms with van der Waals surface area (Å²) >= 11 is 6.84. The summed E-state index contributed by atoms with van der Waals surface area (Å²) in [6.07, 6.45) is 0.606. The fourth-order valence-electron chi connectivity index (χ4n) is 3.25. The van der Waals surface area contributed by atoms with Crippen molar-refractivity contribution in [3.05, 3.63) is 80.8 Å². The van der Waals surface area contributed by atoms with Crippen LogP contribution in [0, 0.1) is 5.82 Å². The zero-order chi connectivity index (χ0) is 20.6. The van der Waals surface area contributed by atoms with Crippen LogP contribution in [0.25, 0.3) is 0 Å². The van der Waals surface area contributed by atoms with Crippen LogP contribution < -0.4 is 5.32 Å². The number of halogens is 2. The maximum Gasteiger partial charge on any atom is 0.267 e. The SMILES string of the molecule is O=C(Nc1cc(Cl)ccc1F)c1sccc1S(=O)(=O)N1CCc2ccccc2C1. The lowest BCUT2D eigenvalue weighted by atomic mass is 10.0. The minimum absolute atomic E-state index is 0.00299. The molecule has 0 fully saturated rings. The zero-order valence-electron chi connectivity index (χ0n) is 15.1. The first-order chi connectivity index (χ1) is 13.9. The third-order valence-corrected chi connectivity index (χ3v) is 7.89. The summed E-state index contributed by atoms with van der Waals surface area (Å²) in [5.41, 5.74) is 1.97. The Balaban J connectivity index is 1.61. The summed E-state index contributed by atoms with van der Waals surface area (Å²) < 4.78 is 41.7. The average molecular weight is 451 g/mol. The van der Waals surface area contributed by atoms with Gasteiger partial charge in [-0.25, -0.2) is 12.8 Å². The van der Waals surface area contributed by atoms with Gasteiger partial charge in [-0.3, -0.25) is 4.79 Å². The maximum absolute atomic E-state index is 13.9. The molecule has 4 rings (SSSR count). The zero-order valence-corrected chi connectivity index (χ0v) is 17.5. The van der Waals surface area contributed by atoms with Crippen LogP contribution >= 0.6 is 22.9 Å². The second kappa shape index (κ2) is 7.87. The molecule has 2 aromatic carbocycles. The molecule has 9 heteroatoms. The predicted molar refractivity (Wildman–Crippen MR) is 111 cm³/mol. The summed E-state index contributed by atoms with van der Waals surface area (Å²) in [5.74, 6) is -1.35. The Labute approximate surface area is 176 Å². The maximum atomic E-state index is 13.9. The molecule has 0 aliphatic carbocycles. The highest BCUT2D eigenvalue weighted by Crippen LogP contribution is 2.30. The minimum atomic E-state index is -3.88. The Bertz CT molecular complexity index is 1190. The van der Waals surface area contributed by atoms with E-state index in [4.69, 9.17) is 11.6 Å². The number of rotatable bonds is 4. The molecule has 0 saturated carbocycles. The number of carbonyl (C=O) groups excluding carboxylic acids is 1. The molecule has 29 heavy (non-hydrogen) atoms. The lowest BCUT2D eigenvalue weighted by Crippen LogP contribution is -2.36. The summed E-state index contributed by atoms with van der Waals surface area (Å²) in [4.78, 5) is 12.6. The number of amides is 1. The van der Waals surface area contributed by atoms with E-state index in [9.17, 15) is 17.6 Å². The molecule has 2 heterocycles. The van der Waals surface area contributed by atoms with Crippen molar-refractivity contribution in [2.75, 3.05) is 11.9 Å². The van der Waals surface area contributed by atoms with E-state index in [1.54, 1.807) is 0 Å². The van der Waals surface area contributed by atoms with E-state index in [2.05, 4.69) is 5.32 Å². The van der Waals surface area contributed by atoms with Gasteiger partial charge in [-0.1, -0.05) is 35.9 Å². The summed E-state index contributed by atoms with van der Waals surface area (Å²) in [7, 11) is -3.88. The normalized spacial score (nSPS) is 14.4. The molecule has 1 amide bonds. The topological polar surface area (TPSA) is 66.5 Å². The predicted octanol–water partition coefficient (Wildman–Crippen LogP) is 4.54. The third kappa shape index (κ3) is 3.93. The Morgan fingerprint density at radius 2 is 1.90 bits per heavy atom.